The normalized spacial score (nSPS) is 25.4. The molecule has 0 amide bonds. The largest absolute Gasteiger partial charge is 0.314 e. The summed E-state index contributed by atoms with van der Waals surface area (Å²) in [5.74, 6) is 4.62. The van der Waals surface area contributed by atoms with Crippen LogP contribution in [-0.2, 0) is 0 Å². The van der Waals surface area contributed by atoms with Crippen molar-refractivity contribution < 1.29 is 0 Å². The summed E-state index contributed by atoms with van der Waals surface area (Å²) in [7, 11) is 0. The van der Waals surface area contributed by atoms with Gasteiger partial charge < -0.3 is 5.32 Å². The molecule has 1 aliphatic carbocycles. The van der Waals surface area contributed by atoms with E-state index in [0.29, 0.717) is 6.04 Å². The summed E-state index contributed by atoms with van der Waals surface area (Å²) in [6, 6.07) is 0.647. The van der Waals surface area contributed by atoms with E-state index in [9.17, 15) is 0 Å². The van der Waals surface area contributed by atoms with Gasteiger partial charge in [-0.1, -0.05) is 40.0 Å². The summed E-state index contributed by atoms with van der Waals surface area (Å²) in [6.07, 6.45) is 8.79. The monoisotopic (exact) mass is 257 g/mol. The lowest BCUT2D eigenvalue weighted by Gasteiger charge is -2.32. The highest BCUT2D eigenvalue weighted by atomic mass is 32.2. The first-order valence-electron chi connectivity index (χ1n) is 7.55. The lowest BCUT2D eigenvalue weighted by atomic mass is 9.77. The van der Waals surface area contributed by atoms with Crippen LogP contribution in [0.25, 0.3) is 0 Å². The van der Waals surface area contributed by atoms with E-state index >= 15 is 0 Å². The van der Waals surface area contributed by atoms with Gasteiger partial charge in [-0.3, -0.25) is 0 Å². The second-order valence-electron chi connectivity index (χ2n) is 5.71. The molecule has 2 atom stereocenters. The highest BCUT2D eigenvalue weighted by Gasteiger charge is 2.24. The van der Waals surface area contributed by atoms with Gasteiger partial charge in [0.25, 0.3) is 0 Å². The summed E-state index contributed by atoms with van der Waals surface area (Å²) in [6.45, 7) is 8.04. The van der Waals surface area contributed by atoms with Crippen molar-refractivity contribution in [3.05, 3.63) is 0 Å². The van der Waals surface area contributed by atoms with Crippen LogP contribution < -0.4 is 5.32 Å². The Labute approximate surface area is 113 Å². The van der Waals surface area contributed by atoms with Crippen molar-refractivity contribution in [1.82, 2.24) is 5.32 Å². The fourth-order valence-electron chi connectivity index (χ4n) is 2.91. The van der Waals surface area contributed by atoms with Crippen LogP contribution in [0.4, 0.5) is 0 Å². The Morgan fingerprint density at radius 2 is 1.88 bits per heavy atom. The number of nitrogens with one attached hydrogen (secondary N) is 1. The fourth-order valence-corrected chi connectivity index (χ4v) is 3.57. The minimum Gasteiger partial charge on any atom is -0.314 e. The van der Waals surface area contributed by atoms with E-state index < -0.39 is 0 Å². The van der Waals surface area contributed by atoms with Crippen molar-refractivity contribution in [2.24, 2.45) is 11.8 Å². The molecule has 0 radical (unpaired) electrons. The molecular weight excluding hydrogens is 226 g/mol. The molecule has 0 saturated heterocycles. The average molecular weight is 257 g/mol. The zero-order valence-electron chi connectivity index (χ0n) is 12.0. The number of hydrogen-bond acceptors (Lipinski definition) is 2. The van der Waals surface area contributed by atoms with E-state index in [4.69, 9.17) is 0 Å². The van der Waals surface area contributed by atoms with Crippen molar-refractivity contribution in [2.75, 3.05) is 18.1 Å². The summed E-state index contributed by atoms with van der Waals surface area (Å²) < 4.78 is 0. The molecule has 0 heterocycles. The van der Waals surface area contributed by atoms with Gasteiger partial charge in [0.1, 0.15) is 0 Å². The van der Waals surface area contributed by atoms with Gasteiger partial charge >= 0.3 is 0 Å². The quantitative estimate of drug-likeness (QED) is 0.650. The number of thioether (sulfide) groups is 1. The highest BCUT2D eigenvalue weighted by molar-refractivity contribution is 7.99. The lowest BCUT2D eigenvalue weighted by Crippen LogP contribution is -2.34. The summed E-state index contributed by atoms with van der Waals surface area (Å²) in [5, 5.41) is 3.64. The Hall–Kier alpha value is 0.310. The van der Waals surface area contributed by atoms with Crippen LogP contribution in [0.2, 0.25) is 0 Å². The van der Waals surface area contributed by atoms with Crippen LogP contribution in [-0.4, -0.2) is 24.1 Å². The molecule has 1 rings (SSSR count). The number of hydrogen-bond donors (Lipinski definition) is 1. The van der Waals surface area contributed by atoms with E-state index in [0.717, 1.165) is 11.8 Å². The Morgan fingerprint density at radius 3 is 2.53 bits per heavy atom. The van der Waals surface area contributed by atoms with Gasteiger partial charge in [0.15, 0.2) is 0 Å². The zero-order valence-corrected chi connectivity index (χ0v) is 12.8. The van der Waals surface area contributed by atoms with Gasteiger partial charge in [-0.2, -0.15) is 11.8 Å². The minimum absolute atomic E-state index is 0.647. The average Bonchev–Trinajstić information content (AvgIpc) is 2.33. The van der Waals surface area contributed by atoms with Crippen LogP contribution >= 0.6 is 11.8 Å². The van der Waals surface area contributed by atoms with Crippen molar-refractivity contribution >= 4 is 11.8 Å². The molecule has 0 aromatic carbocycles. The van der Waals surface area contributed by atoms with Crippen molar-refractivity contribution in [3.63, 3.8) is 0 Å². The predicted molar refractivity (Wildman–Crippen MR) is 80.8 cm³/mol. The van der Waals surface area contributed by atoms with Crippen molar-refractivity contribution in [3.8, 4) is 0 Å². The van der Waals surface area contributed by atoms with Gasteiger partial charge in [0.05, 0.1) is 0 Å². The molecule has 2 heteroatoms. The predicted octanol–water partition coefficient (Wildman–Crippen LogP) is 4.32. The van der Waals surface area contributed by atoms with E-state index in [-0.39, 0.29) is 0 Å². The highest BCUT2D eigenvalue weighted by Crippen LogP contribution is 2.33. The minimum atomic E-state index is 0.647. The first kappa shape index (κ1) is 15.4. The molecule has 1 nitrogen and oxygen atoms in total. The SMILES string of the molecule is CCSCCCC1CCCCC1CNC(C)C. The summed E-state index contributed by atoms with van der Waals surface area (Å²) in [5.41, 5.74) is 0. The van der Waals surface area contributed by atoms with Crippen molar-refractivity contribution in [1.29, 1.82) is 0 Å². The van der Waals surface area contributed by atoms with E-state index in [2.05, 4.69) is 37.8 Å². The molecule has 2 unspecified atom stereocenters. The Kier molecular flexibility index (Phi) is 8.38. The Balaban J connectivity index is 2.22. The molecule has 0 spiro atoms. The summed E-state index contributed by atoms with van der Waals surface area (Å²) >= 11 is 2.10. The maximum absolute atomic E-state index is 3.64. The first-order valence-corrected chi connectivity index (χ1v) is 8.70. The zero-order chi connectivity index (χ0) is 12.5. The molecule has 1 fully saturated rings. The van der Waals surface area contributed by atoms with Crippen LogP contribution in [0, 0.1) is 11.8 Å². The van der Waals surface area contributed by atoms with Crippen molar-refractivity contribution in [2.45, 2.75) is 65.3 Å². The second kappa shape index (κ2) is 9.27. The van der Waals surface area contributed by atoms with E-state index in [1.807, 2.05) is 0 Å². The van der Waals surface area contributed by atoms with Crippen LogP contribution in [0.1, 0.15) is 59.3 Å². The molecule has 0 aromatic heterocycles. The molecule has 1 aliphatic rings. The topological polar surface area (TPSA) is 12.0 Å². The molecular formula is C15H31NS. The maximum Gasteiger partial charge on any atom is 0.00104 e. The van der Waals surface area contributed by atoms with E-state index in [1.54, 1.807) is 0 Å². The first-order chi connectivity index (χ1) is 8.24. The maximum atomic E-state index is 3.64. The van der Waals surface area contributed by atoms with Gasteiger partial charge in [-0.05, 0) is 49.1 Å². The molecule has 0 aliphatic heterocycles. The molecule has 0 bridgehead atoms. The third kappa shape index (κ3) is 6.71. The Morgan fingerprint density at radius 1 is 1.18 bits per heavy atom. The molecule has 0 aromatic rings. The van der Waals surface area contributed by atoms with Gasteiger partial charge in [-0.15, -0.1) is 0 Å². The second-order valence-corrected chi connectivity index (χ2v) is 7.10. The summed E-state index contributed by atoms with van der Waals surface area (Å²) in [4.78, 5) is 0. The van der Waals surface area contributed by atoms with Gasteiger partial charge in [-0.25, -0.2) is 0 Å². The van der Waals surface area contributed by atoms with E-state index in [1.165, 1.54) is 56.6 Å². The van der Waals surface area contributed by atoms with Crippen LogP contribution in [0.5, 0.6) is 0 Å². The molecule has 17 heavy (non-hydrogen) atoms. The van der Waals surface area contributed by atoms with Crippen LogP contribution in [0.15, 0.2) is 0 Å². The fraction of sp³-hybridized carbons (Fsp3) is 1.00. The third-order valence-electron chi connectivity index (χ3n) is 3.92. The Bertz CT molecular complexity index is 182. The smallest absolute Gasteiger partial charge is 0.00104 e. The standard InChI is InChI=1S/C15H31NS/c1-4-17-11-7-10-14-8-5-6-9-15(14)12-16-13(2)3/h13-16H,4-12H2,1-3H3. The molecule has 102 valence electrons. The molecule has 1 saturated carbocycles. The third-order valence-corrected chi connectivity index (χ3v) is 4.91. The molecule has 1 N–H and O–H groups in total. The lowest BCUT2D eigenvalue weighted by molar-refractivity contribution is 0.213. The van der Waals surface area contributed by atoms with Crippen LogP contribution in [0.3, 0.4) is 0 Å². The number of rotatable bonds is 8. The van der Waals surface area contributed by atoms with Gasteiger partial charge in [0.2, 0.25) is 0 Å². The van der Waals surface area contributed by atoms with Gasteiger partial charge in [0, 0.05) is 6.04 Å².